The lowest BCUT2D eigenvalue weighted by molar-refractivity contribution is 0.111. The van der Waals surface area contributed by atoms with Crippen LogP contribution < -0.4 is 0 Å². The number of aromatic nitrogens is 3. The topological polar surface area (TPSA) is 39.8 Å². The molecule has 0 bridgehead atoms. The van der Waals surface area contributed by atoms with Crippen molar-refractivity contribution in [3.8, 4) is 0 Å². The zero-order valence-electron chi connectivity index (χ0n) is 8.63. The third-order valence-corrected chi connectivity index (χ3v) is 2.52. The molecule has 0 radical (unpaired) electrons. The van der Waals surface area contributed by atoms with E-state index in [2.05, 4.69) is 5.10 Å². The van der Waals surface area contributed by atoms with Crippen LogP contribution in [-0.4, -0.2) is 20.6 Å². The van der Waals surface area contributed by atoms with Crippen molar-refractivity contribution in [1.29, 1.82) is 0 Å². The molecule has 0 fully saturated rings. The molecule has 0 unspecified atom stereocenters. The molecule has 78 valence electrons. The highest BCUT2D eigenvalue weighted by molar-refractivity contribution is 5.72. The highest BCUT2D eigenvalue weighted by Crippen LogP contribution is 2.03. The smallest absolute Gasteiger partial charge is 0.166 e. The Balaban J connectivity index is 2.05. The second-order valence-corrected chi connectivity index (χ2v) is 3.44. The zero-order valence-corrected chi connectivity index (χ0v) is 8.63. The predicted molar refractivity (Wildman–Crippen MR) is 56.7 cm³/mol. The molecule has 0 aliphatic rings. The number of aryl methyl sites for hydroxylation is 3. The van der Waals surface area contributed by atoms with E-state index in [1.807, 2.05) is 40.7 Å². The SMILES string of the molecule is Cn1nccc1CCn1cccc1C=O. The number of hydrogen-bond donors (Lipinski definition) is 0. The van der Waals surface area contributed by atoms with Crippen molar-refractivity contribution in [2.24, 2.45) is 7.05 Å². The first-order chi connectivity index (χ1) is 7.31. The molecular weight excluding hydrogens is 190 g/mol. The molecule has 0 atom stereocenters. The van der Waals surface area contributed by atoms with Gasteiger partial charge in [-0.05, 0) is 18.2 Å². The normalized spacial score (nSPS) is 10.5. The summed E-state index contributed by atoms with van der Waals surface area (Å²) >= 11 is 0. The Morgan fingerprint density at radius 3 is 3.00 bits per heavy atom. The van der Waals surface area contributed by atoms with Crippen LogP contribution in [0.5, 0.6) is 0 Å². The summed E-state index contributed by atoms with van der Waals surface area (Å²) in [6, 6.07) is 5.69. The molecular formula is C11H13N3O. The Kier molecular flexibility index (Phi) is 2.67. The maximum atomic E-state index is 10.7. The molecule has 0 saturated carbocycles. The number of aldehydes is 1. The molecule has 0 spiro atoms. The minimum Gasteiger partial charge on any atom is -0.345 e. The van der Waals surface area contributed by atoms with E-state index in [-0.39, 0.29) is 0 Å². The Labute approximate surface area is 88.1 Å². The van der Waals surface area contributed by atoms with Gasteiger partial charge in [-0.25, -0.2) is 0 Å². The Morgan fingerprint density at radius 2 is 2.33 bits per heavy atom. The fourth-order valence-electron chi connectivity index (χ4n) is 1.62. The van der Waals surface area contributed by atoms with E-state index in [4.69, 9.17) is 0 Å². The minimum absolute atomic E-state index is 0.720. The number of nitrogens with zero attached hydrogens (tertiary/aromatic N) is 3. The van der Waals surface area contributed by atoms with Crippen molar-refractivity contribution in [2.75, 3.05) is 0 Å². The van der Waals surface area contributed by atoms with Gasteiger partial charge in [0.2, 0.25) is 0 Å². The van der Waals surface area contributed by atoms with Crippen LogP contribution >= 0.6 is 0 Å². The van der Waals surface area contributed by atoms with Crippen molar-refractivity contribution >= 4 is 6.29 Å². The maximum Gasteiger partial charge on any atom is 0.166 e. The van der Waals surface area contributed by atoms with Gasteiger partial charge in [0, 0.05) is 38.1 Å². The van der Waals surface area contributed by atoms with Crippen molar-refractivity contribution in [2.45, 2.75) is 13.0 Å². The Bertz CT molecular complexity index is 456. The quantitative estimate of drug-likeness (QED) is 0.702. The van der Waals surface area contributed by atoms with Crippen LogP contribution in [0, 0.1) is 0 Å². The van der Waals surface area contributed by atoms with Crippen LogP contribution in [0.2, 0.25) is 0 Å². The van der Waals surface area contributed by atoms with Gasteiger partial charge < -0.3 is 4.57 Å². The van der Waals surface area contributed by atoms with E-state index < -0.39 is 0 Å². The second-order valence-electron chi connectivity index (χ2n) is 3.44. The summed E-state index contributed by atoms with van der Waals surface area (Å²) in [4.78, 5) is 10.7. The zero-order chi connectivity index (χ0) is 10.7. The third kappa shape index (κ3) is 1.98. The van der Waals surface area contributed by atoms with Crippen LogP contribution in [0.3, 0.4) is 0 Å². The lowest BCUT2D eigenvalue weighted by atomic mass is 10.3. The van der Waals surface area contributed by atoms with Crippen molar-refractivity contribution in [3.05, 3.63) is 42.0 Å². The summed E-state index contributed by atoms with van der Waals surface area (Å²) in [7, 11) is 1.92. The predicted octanol–water partition coefficient (Wildman–Crippen LogP) is 1.28. The third-order valence-electron chi connectivity index (χ3n) is 2.52. The van der Waals surface area contributed by atoms with Gasteiger partial charge in [-0.2, -0.15) is 5.10 Å². The summed E-state index contributed by atoms with van der Waals surface area (Å²) in [5, 5.41) is 4.10. The number of hydrogen-bond acceptors (Lipinski definition) is 2. The molecule has 0 N–H and O–H groups in total. The summed E-state index contributed by atoms with van der Waals surface area (Å²) in [6.07, 6.45) is 5.46. The minimum atomic E-state index is 0.720. The fraction of sp³-hybridized carbons (Fsp3) is 0.273. The lowest BCUT2D eigenvalue weighted by Gasteiger charge is -2.05. The van der Waals surface area contributed by atoms with Crippen molar-refractivity contribution < 1.29 is 4.79 Å². The van der Waals surface area contributed by atoms with E-state index in [9.17, 15) is 4.79 Å². The van der Waals surface area contributed by atoms with E-state index in [1.165, 1.54) is 5.69 Å². The first-order valence-corrected chi connectivity index (χ1v) is 4.88. The van der Waals surface area contributed by atoms with Gasteiger partial charge in [0.1, 0.15) is 0 Å². The van der Waals surface area contributed by atoms with Gasteiger partial charge >= 0.3 is 0 Å². The maximum absolute atomic E-state index is 10.7. The van der Waals surface area contributed by atoms with E-state index in [0.717, 1.165) is 24.9 Å². The van der Waals surface area contributed by atoms with Gasteiger partial charge in [0.05, 0.1) is 5.69 Å². The first kappa shape index (κ1) is 9.71. The molecule has 0 saturated heterocycles. The largest absolute Gasteiger partial charge is 0.345 e. The molecule has 0 aliphatic carbocycles. The van der Waals surface area contributed by atoms with Crippen LogP contribution in [0.4, 0.5) is 0 Å². The molecule has 2 aromatic heterocycles. The van der Waals surface area contributed by atoms with Gasteiger partial charge in [-0.3, -0.25) is 9.48 Å². The molecule has 0 aliphatic heterocycles. The Morgan fingerprint density at radius 1 is 1.47 bits per heavy atom. The summed E-state index contributed by atoms with van der Waals surface area (Å²) in [5.74, 6) is 0. The molecule has 0 amide bonds. The molecule has 2 heterocycles. The van der Waals surface area contributed by atoms with E-state index in [1.54, 1.807) is 6.20 Å². The van der Waals surface area contributed by atoms with E-state index >= 15 is 0 Å². The highest BCUT2D eigenvalue weighted by Gasteiger charge is 2.01. The molecule has 4 heteroatoms. The number of rotatable bonds is 4. The molecule has 4 nitrogen and oxygen atoms in total. The molecule has 15 heavy (non-hydrogen) atoms. The molecule has 0 aromatic carbocycles. The van der Waals surface area contributed by atoms with Gasteiger partial charge in [0.25, 0.3) is 0 Å². The van der Waals surface area contributed by atoms with Gasteiger partial charge in [-0.1, -0.05) is 0 Å². The number of carbonyl (C=O) groups excluding carboxylic acids is 1. The Hall–Kier alpha value is -1.84. The standard InChI is InChI=1S/C11H13N3O/c1-13-10(4-6-12-13)5-8-14-7-2-3-11(14)9-15/h2-4,6-7,9H,5,8H2,1H3. The summed E-state index contributed by atoms with van der Waals surface area (Å²) in [5.41, 5.74) is 1.89. The van der Waals surface area contributed by atoms with E-state index in [0.29, 0.717) is 0 Å². The van der Waals surface area contributed by atoms with Crippen molar-refractivity contribution in [1.82, 2.24) is 14.3 Å². The fourth-order valence-corrected chi connectivity index (χ4v) is 1.62. The number of carbonyl (C=O) groups is 1. The average Bonchev–Trinajstić information content (AvgIpc) is 2.83. The van der Waals surface area contributed by atoms with Crippen LogP contribution in [-0.2, 0) is 20.0 Å². The summed E-state index contributed by atoms with van der Waals surface area (Å²) in [6.45, 7) is 0.806. The monoisotopic (exact) mass is 203 g/mol. The molecule has 2 aromatic rings. The summed E-state index contributed by atoms with van der Waals surface area (Å²) < 4.78 is 3.80. The van der Waals surface area contributed by atoms with Gasteiger partial charge in [0.15, 0.2) is 6.29 Å². The van der Waals surface area contributed by atoms with Crippen molar-refractivity contribution in [3.63, 3.8) is 0 Å². The first-order valence-electron chi connectivity index (χ1n) is 4.88. The van der Waals surface area contributed by atoms with Gasteiger partial charge in [-0.15, -0.1) is 0 Å². The lowest BCUT2D eigenvalue weighted by Crippen LogP contribution is -2.06. The van der Waals surface area contributed by atoms with Crippen LogP contribution in [0.25, 0.3) is 0 Å². The second kappa shape index (κ2) is 4.13. The highest BCUT2D eigenvalue weighted by atomic mass is 16.1. The van der Waals surface area contributed by atoms with Crippen LogP contribution in [0.15, 0.2) is 30.6 Å². The molecule has 2 rings (SSSR count). The van der Waals surface area contributed by atoms with Crippen LogP contribution in [0.1, 0.15) is 16.2 Å². The average molecular weight is 203 g/mol.